The fourth-order valence-corrected chi connectivity index (χ4v) is 1.51. The molecule has 1 aliphatic heterocycles. The van der Waals surface area contributed by atoms with Gasteiger partial charge in [-0.3, -0.25) is 0 Å². The summed E-state index contributed by atoms with van der Waals surface area (Å²) >= 11 is 0. The van der Waals surface area contributed by atoms with Crippen molar-refractivity contribution >= 4 is 0 Å². The standard InChI is InChI=1S/C10H10F2O2/c1-13-10(5-14-6-10)7-2-8(11)4-9(12)3-7/h2-4H,5-6H2,1H3. The molecule has 1 fully saturated rings. The van der Waals surface area contributed by atoms with Crippen molar-refractivity contribution in [1.82, 2.24) is 0 Å². The molecule has 0 radical (unpaired) electrons. The summed E-state index contributed by atoms with van der Waals surface area (Å²) in [4.78, 5) is 0. The van der Waals surface area contributed by atoms with Gasteiger partial charge < -0.3 is 9.47 Å². The van der Waals surface area contributed by atoms with E-state index in [0.717, 1.165) is 6.07 Å². The summed E-state index contributed by atoms with van der Waals surface area (Å²) in [7, 11) is 1.51. The fourth-order valence-electron chi connectivity index (χ4n) is 1.51. The van der Waals surface area contributed by atoms with Gasteiger partial charge in [0.25, 0.3) is 0 Å². The van der Waals surface area contributed by atoms with Gasteiger partial charge in [-0.25, -0.2) is 8.78 Å². The van der Waals surface area contributed by atoms with E-state index in [-0.39, 0.29) is 0 Å². The smallest absolute Gasteiger partial charge is 0.139 e. The molecule has 1 heterocycles. The third-order valence-electron chi connectivity index (χ3n) is 2.45. The minimum atomic E-state index is -0.664. The minimum Gasteiger partial charge on any atom is -0.375 e. The Kier molecular flexibility index (Phi) is 2.25. The largest absolute Gasteiger partial charge is 0.375 e. The lowest BCUT2D eigenvalue weighted by Gasteiger charge is -2.40. The maximum absolute atomic E-state index is 12.9. The Balaban J connectivity index is 2.39. The number of hydrogen-bond acceptors (Lipinski definition) is 2. The van der Waals surface area contributed by atoms with Gasteiger partial charge >= 0.3 is 0 Å². The van der Waals surface area contributed by atoms with Crippen LogP contribution in [-0.4, -0.2) is 20.3 Å². The van der Waals surface area contributed by atoms with Gasteiger partial charge in [-0.05, 0) is 17.7 Å². The van der Waals surface area contributed by atoms with Crippen LogP contribution in [-0.2, 0) is 15.1 Å². The van der Waals surface area contributed by atoms with Gasteiger partial charge in [-0.1, -0.05) is 0 Å². The molecule has 0 N–H and O–H groups in total. The highest BCUT2D eigenvalue weighted by Gasteiger charge is 2.41. The van der Waals surface area contributed by atoms with E-state index in [1.165, 1.54) is 19.2 Å². The zero-order valence-electron chi connectivity index (χ0n) is 7.72. The molecule has 0 atom stereocenters. The number of rotatable bonds is 2. The van der Waals surface area contributed by atoms with E-state index in [4.69, 9.17) is 9.47 Å². The van der Waals surface area contributed by atoms with E-state index in [2.05, 4.69) is 0 Å². The molecule has 4 heteroatoms. The number of hydrogen-bond donors (Lipinski definition) is 0. The zero-order valence-corrected chi connectivity index (χ0v) is 7.72. The molecule has 0 amide bonds. The summed E-state index contributed by atoms with van der Waals surface area (Å²) in [5.41, 5.74) is -0.174. The molecule has 0 spiro atoms. The predicted octanol–water partition coefficient (Wildman–Crippen LogP) is 1.84. The van der Waals surface area contributed by atoms with E-state index in [1.807, 2.05) is 0 Å². The molecule has 0 unspecified atom stereocenters. The van der Waals surface area contributed by atoms with Crippen molar-refractivity contribution in [1.29, 1.82) is 0 Å². The first kappa shape index (κ1) is 9.55. The van der Waals surface area contributed by atoms with Crippen LogP contribution >= 0.6 is 0 Å². The molecule has 1 aromatic carbocycles. The van der Waals surface area contributed by atoms with Gasteiger partial charge in [0.05, 0.1) is 13.2 Å². The molecule has 0 aromatic heterocycles. The van der Waals surface area contributed by atoms with Gasteiger partial charge in [0.2, 0.25) is 0 Å². The van der Waals surface area contributed by atoms with Crippen molar-refractivity contribution in [2.24, 2.45) is 0 Å². The van der Waals surface area contributed by atoms with Crippen LogP contribution in [0.1, 0.15) is 5.56 Å². The average Bonchev–Trinajstić information content (AvgIpc) is 2.01. The molecule has 1 saturated heterocycles. The number of benzene rings is 1. The molecule has 2 nitrogen and oxygen atoms in total. The van der Waals surface area contributed by atoms with Crippen molar-refractivity contribution in [3.8, 4) is 0 Å². The second-order valence-electron chi connectivity index (χ2n) is 3.35. The van der Waals surface area contributed by atoms with Crippen LogP contribution in [0.4, 0.5) is 8.78 Å². The van der Waals surface area contributed by atoms with Crippen LogP contribution < -0.4 is 0 Å². The van der Waals surface area contributed by atoms with E-state index in [9.17, 15) is 8.78 Å². The number of methoxy groups -OCH3 is 1. The Morgan fingerprint density at radius 1 is 1.21 bits per heavy atom. The maximum Gasteiger partial charge on any atom is 0.139 e. The zero-order chi connectivity index (χ0) is 10.2. The molecule has 2 rings (SSSR count). The second kappa shape index (κ2) is 3.29. The van der Waals surface area contributed by atoms with Crippen LogP contribution in [0.2, 0.25) is 0 Å². The first-order valence-corrected chi connectivity index (χ1v) is 4.26. The molecule has 0 bridgehead atoms. The van der Waals surface area contributed by atoms with Crippen molar-refractivity contribution in [2.75, 3.05) is 20.3 Å². The summed E-state index contributed by atoms with van der Waals surface area (Å²) in [6.07, 6.45) is 0. The van der Waals surface area contributed by atoms with Gasteiger partial charge in [-0.2, -0.15) is 0 Å². The van der Waals surface area contributed by atoms with Crippen LogP contribution in [0, 0.1) is 11.6 Å². The summed E-state index contributed by atoms with van der Waals surface area (Å²) in [6.45, 7) is 0.679. The SMILES string of the molecule is COC1(c2cc(F)cc(F)c2)COC1. The van der Waals surface area contributed by atoms with Crippen molar-refractivity contribution < 1.29 is 18.3 Å². The first-order chi connectivity index (χ1) is 6.66. The quantitative estimate of drug-likeness (QED) is 0.725. The van der Waals surface area contributed by atoms with E-state index < -0.39 is 17.2 Å². The lowest BCUT2D eigenvalue weighted by Crippen LogP contribution is -2.48. The van der Waals surface area contributed by atoms with E-state index in [0.29, 0.717) is 18.8 Å². The topological polar surface area (TPSA) is 18.5 Å². The second-order valence-corrected chi connectivity index (χ2v) is 3.35. The average molecular weight is 200 g/mol. The Labute approximate surface area is 80.4 Å². The molecule has 14 heavy (non-hydrogen) atoms. The Morgan fingerprint density at radius 3 is 2.14 bits per heavy atom. The van der Waals surface area contributed by atoms with Gasteiger partial charge in [0.1, 0.15) is 17.2 Å². The third kappa shape index (κ3) is 1.40. The lowest BCUT2D eigenvalue weighted by atomic mass is 9.91. The number of ether oxygens (including phenoxy) is 2. The highest BCUT2D eigenvalue weighted by atomic mass is 19.1. The highest BCUT2D eigenvalue weighted by Crippen LogP contribution is 2.33. The third-order valence-corrected chi connectivity index (χ3v) is 2.45. The Hall–Kier alpha value is -1.00. The van der Waals surface area contributed by atoms with Gasteiger partial charge in [0, 0.05) is 13.2 Å². The Bertz CT molecular complexity index is 322. The molecule has 0 saturated carbocycles. The summed E-state index contributed by atoms with van der Waals surface area (Å²) in [5.74, 6) is -1.19. The monoisotopic (exact) mass is 200 g/mol. The van der Waals surface area contributed by atoms with E-state index in [1.54, 1.807) is 0 Å². The van der Waals surface area contributed by atoms with Gasteiger partial charge in [0.15, 0.2) is 0 Å². The fraction of sp³-hybridized carbons (Fsp3) is 0.400. The number of halogens is 2. The normalized spacial score (nSPS) is 19.1. The van der Waals surface area contributed by atoms with Crippen LogP contribution in [0.25, 0.3) is 0 Å². The van der Waals surface area contributed by atoms with Crippen molar-refractivity contribution in [3.63, 3.8) is 0 Å². The summed E-state index contributed by atoms with van der Waals surface area (Å²) < 4.78 is 36.0. The molecule has 1 aliphatic rings. The maximum atomic E-state index is 12.9. The lowest BCUT2D eigenvalue weighted by molar-refractivity contribution is -0.202. The predicted molar refractivity (Wildman–Crippen MR) is 45.9 cm³/mol. The van der Waals surface area contributed by atoms with Gasteiger partial charge in [-0.15, -0.1) is 0 Å². The first-order valence-electron chi connectivity index (χ1n) is 4.26. The molecule has 1 aromatic rings. The minimum absolute atomic E-state index is 0.340. The van der Waals surface area contributed by atoms with E-state index >= 15 is 0 Å². The van der Waals surface area contributed by atoms with Crippen LogP contribution in [0.15, 0.2) is 18.2 Å². The highest BCUT2D eigenvalue weighted by molar-refractivity contribution is 5.26. The van der Waals surface area contributed by atoms with Crippen molar-refractivity contribution in [2.45, 2.75) is 5.60 Å². The molecule has 76 valence electrons. The molecular formula is C10H10F2O2. The Morgan fingerprint density at radius 2 is 1.79 bits per heavy atom. The van der Waals surface area contributed by atoms with Crippen molar-refractivity contribution in [3.05, 3.63) is 35.4 Å². The summed E-state index contributed by atoms with van der Waals surface area (Å²) in [6, 6.07) is 3.39. The van der Waals surface area contributed by atoms with Crippen LogP contribution in [0.5, 0.6) is 0 Å². The summed E-state index contributed by atoms with van der Waals surface area (Å²) in [5, 5.41) is 0. The molecular weight excluding hydrogens is 190 g/mol. The molecule has 0 aliphatic carbocycles. The van der Waals surface area contributed by atoms with Crippen LogP contribution in [0.3, 0.4) is 0 Å².